The quantitative estimate of drug-likeness (QED) is 0.935. The zero-order chi connectivity index (χ0) is 14.1. The van der Waals surface area contributed by atoms with E-state index in [4.69, 9.17) is 9.26 Å². The molecule has 0 radical (unpaired) electrons. The molecule has 0 saturated carbocycles. The van der Waals surface area contributed by atoms with Gasteiger partial charge in [0.1, 0.15) is 5.75 Å². The SMILES string of the molecule is c1ccc2c(c1)CC(c1noc(CC3CCCN3)n1)CO2. The van der Waals surface area contributed by atoms with Crippen LogP contribution in [0.25, 0.3) is 0 Å². The van der Waals surface area contributed by atoms with Crippen LogP contribution < -0.4 is 10.1 Å². The van der Waals surface area contributed by atoms with Crippen LogP contribution in [-0.2, 0) is 12.8 Å². The molecule has 3 heterocycles. The van der Waals surface area contributed by atoms with Gasteiger partial charge in [0.2, 0.25) is 5.89 Å². The molecule has 5 nitrogen and oxygen atoms in total. The average Bonchev–Trinajstić information content (AvgIpc) is 3.19. The monoisotopic (exact) mass is 285 g/mol. The molecule has 0 aliphatic carbocycles. The van der Waals surface area contributed by atoms with E-state index in [-0.39, 0.29) is 5.92 Å². The Morgan fingerprint density at radius 1 is 1.29 bits per heavy atom. The first kappa shape index (κ1) is 12.8. The van der Waals surface area contributed by atoms with Crippen molar-refractivity contribution in [3.8, 4) is 5.75 Å². The summed E-state index contributed by atoms with van der Waals surface area (Å²) in [5.41, 5.74) is 1.22. The summed E-state index contributed by atoms with van der Waals surface area (Å²) in [4.78, 5) is 4.57. The van der Waals surface area contributed by atoms with Crippen molar-refractivity contribution in [1.29, 1.82) is 0 Å². The van der Waals surface area contributed by atoms with Gasteiger partial charge in [-0.15, -0.1) is 0 Å². The van der Waals surface area contributed by atoms with E-state index >= 15 is 0 Å². The number of nitrogens with one attached hydrogen (secondary N) is 1. The summed E-state index contributed by atoms with van der Waals surface area (Å²) in [6.45, 7) is 1.72. The fraction of sp³-hybridized carbons (Fsp3) is 0.500. The van der Waals surface area contributed by atoms with Gasteiger partial charge in [-0.1, -0.05) is 23.4 Å². The van der Waals surface area contributed by atoms with Gasteiger partial charge in [-0.25, -0.2) is 0 Å². The van der Waals surface area contributed by atoms with E-state index in [0.29, 0.717) is 12.6 Å². The van der Waals surface area contributed by atoms with E-state index in [9.17, 15) is 0 Å². The summed E-state index contributed by atoms with van der Waals surface area (Å²) >= 11 is 0. The Kier molecular flexibility index (Phi) is 3.35. The molecule has 1 aromatic heterocycles. The van der Waals surface area contributed by atoms with Gasteiger partial charge in [0.05, 0.1) is 12.5 Å². The van der Waals surface area contributed by atoms with E-state index in [1.165, 1.54) is 18.4 Å². The minimum Gasteiger partial charge on any atom is -0.493 e. The normalized spacial score (nSPS) is 24.6. The summed E-state index contributed by atoms with van der Waals surface area (Å²) in [5.74, 6) is 2.68. The van der Waals surface area contributed by atoms with Crippen molar-refractivity contribution >= 4 is 0 Å². The van der Waals surface area contributed by atoms with Gasteiger partial charge in [-0.05, 0) is 37.4 Å². The van der Waals surface area contributed by atoms with Crippen molar-refractivity contribution < 1.29 is 9.26 Å². The maximum Gasteiger partial charge on any atom is 0.228 e. The maximum absolute atomic E-state index is 5.80. The number of hydrogen-bond acceptors (Lipinski definition) is 5. The van der Waals surface area contributed by atoms with E-state index in [1.807, 2.05) is 18.2 Å². The molecule has 1 aromatic carbocycles. The number of nitrogens with zero attached hydrogens (tertiary/aromatic N) is 2. The lowest BCUT2D eigenvalue weighted by Crippen LogP contribution is -2.24. The van der Waals surface area contributed by atoms with Crippen LogP contribution in [0.5, 0.6) is 5.75 Å². The van der Waals surface area contributed by atoms with Crippen LogP contribution in [0.3, 0.4) is 0 Å². The molecule has 5 heteroatoms. The zero-order valence-electron chi connectivity index (χ0n) is 11.9. The lowest BCUT2D eigenvalue weighted by molar-refractivity contribution is 0.253. The van der Waals surface area contributed by atoms with Crippen LogP contribution in [0.1, 0.15) is 36.0 Å². The number of hydrogen-bond donors (Lipinski definition) is 1. The molecule has 0 bridgehead atoms. The third-order valence-electron chi connectivity index (χ3n) is 4.31. The Balaban J connectivity index is 1.46. The van der Waals surface area contributed by atoms with Crippen molar-refractivity contribution in [3.05, 3.63) is 41.5 Å². The molecule has 2 unspecified atom stereocenters. The van der Waals surface area contributed by atoms with Gasteiger partial charge in [0, 0.05) is 12.5 Å². The van der Waals surface area contributed by atoms with E-state index < -0.39 is 0 Å². The number of aromatic nitrogens is 2. The lowest BCUT2D eigenvalue weighted by Gasteiger charge is -2.22. The second-order valence-electron chi connectivity index (χ2n) is 5.86. The molecule has 4 rings (SSSR count). The molecule has 0 amide bonds. The summed E-state index contributed by atoms with van der Waals surface area (Å²) < 4.78 is 11.2. The van der Waals surface area contributed by atoms with Gasteiger partial charge in [-0.2, -0.15) is 4.98 Å². The molecule has 2 aliphatic heterocycles. The lowest BCUT2D eigenvalue weighted by atomic mass is 9.96. The molecule has 1 N–H and O–H groups in total. The second-order valence-corrected chi connectivity index (χ2v) is 5.86. The standard InChI is InChI=1S/C16H19N3O2/c1-2-6-14-11(4-1)8-12(10-20-14)16-18-15(21-19-16)9-13-5-3-7-17-13/h1-2,4,6,12-13,17H,3,5,7-10H2. The van der Waals surface area contributed by atoms with Gasteiger partial charge in [0.15, 0.2) is 5.82 Å². The van der Waals surface area contributed by atoms with E-state index in [2.05, 4.69) is 21.5 Å². The maximum atomic E-state index is 5.80. The Morgan fingerprint density at radius 2 is 2.24 bits per heavy atom. The van der Waals surface area contributed by atoms with E-state index in [1.54, 1.807) is 0 Å². The molecule has 2 atom stereocenters. The van der Waals surface area contributed by atoms with E-state index in [0.717, 1.165) is 36.9 Å². The van der Waals surface area contributed by atoms with Crippen LogP contribution in [-0.4, -0.2) is 29.3 Å². The van der Waals surface area contributed by atoms with Crippen LogP contribution in [0, 0.1) is 0 Å². The Bertz CT molecular complexity index is 619. The molecule has 110 valence electrons. The number of ether oxygens (including phenoxy) is 1. The molecule has 1 saturated heterocycles. The number of fused-ring (bicyclic) bond motifs is 1. The summed E-state index contributed by atoms with van der Waals surface area (Å²) in [7, 11) is 0. The molecule has 2 aliphatic rings. The highest BCUT2D eigenvalue weighted by atomic mass is 16.5. The minimum atomic E-state index is 0.189. The van der Waals surface area contributed by atoms with Crippen molar-refractivity contribution in [2.24, 2.45) is 0 Å². The van der Waals surface area contributed by atoms with Crippen molar-refractivity contribution in [3.63, 3.8) is 0 Å². The molecule has 1 fully saturated rings. The average molecular weight is 285 g/mol. The fourth-order valence-electron chi connectivity index (χ4n) is 3.15. The predicted molar refractivity (Wildman–Crippen MR) is 77.4 cm³/mol. The largest absolute Gasteiger partial charge is 0.493 e. The highest BCUT2D eigenvalue weighted by Gasteiger charge is 2.26. The van der Waals surface area contributed by atoms with Crippen LogP contribution in [0.2, 0.25) is 0 Å². The second kappa shape index (κ2) is 5.48. The molecular weight excluding hydrogens is 266 g/mol. The first-order valence-corrected chi connectivity index (χ1v) is 7.65. The summed E-state index contributed by atoms with van der Waals surface area (Å²) in [6.07, 6.45) is 4.17. The van der Waals surface area contributed by atoms with Crippen molar-refractivity contribution in [1.82, 2.24) is 15.5 Å². The highest BCUT2D eigenvalue weighted by molar-refractivity contribution is 5.36. The van der Waals surface area contributed by atoms with Gasteiger partial charge in [-0.3, -0.25) is 0 Å². The highest BCUT2D eigenvalue weighted by Crippen LogP contribution is 2.31. The predicted octanol–water partition coefficient (Wildman–Crippen LogP) is 2.08. The Labute approximate surface area is 123 Å². The molecular formula is C16H19N3O2. The Morgan fingerprint density at radius 3 is 3.14 bits per heavy atom. The zero-order valence-corrected chi connectivity index (χ0v) is 11.9. The third kappa shape index (κ3) is 2.65. The van der Waals surface area contributed by atoms with Gasteiger partial charge in [0.25, 0.3) is 0 Å². The summed E-state index contributed by atoms with van der Waals surface area (Å²) in [5, 5.41) is 7.62. The van der Waals surface area contributed by atoms with Crippen molar-refractivity contribution in [2.45, 2.75) is 37.6 Å². The van der Waals surface area contributed by atoms with Crippen LogP contribution in [0.15, 0.2) is 28.8 Å². The van der Waals surface area contributed by atoms with Gasteiger partial charge < -0.3 is 14.6 Å². The third-order valence-corrected chi connectivity index (χ3v) is 4.31. The smallest absolute Gasteiger partial charge is 0.228 e. The molecule has 0 spiro atoms. The first-order chi connectivity index (χ1) is 10.4. The summed E-state index contributed by atoms with van der Waals surface area (Å²) in [6, 6.07) is 8.64. The number of para-hydroxylation sites is 1. The van der Waals surface area contributed by atoms with Crippen molar-refractivity contribution in [2.75, 3.05) is 13.2 Å². The van der Waals surface area contributed by atoms with Gasteiger partial charge >= 0.3 is 0 Å². The first-order valence-electron chi connectivity index (χ1n) is 7.65. The minimum absolute atomic E-state index is 0.189. The van der Waals surface area contributed by atoms with Crippen LogP contribution in [0.4, 0.5) is 0 Å². The van der Waals surface area contributed by atoms with Crippen LogP contribution >= 0.6 is 0 Å². The fourth-order valence-corrected chi connectivity index (χ4v) is 3.15. The topological polar surface area (TPSA) is 60.2 Å². The number of benzene rings is 1. The molecule has 2 aromatic rings. The molecule has 21 heavy (non-hydrogen) atoms. The number of rotatable bonds is 3. The Hall–Kier alpha value is -1.88.